The van der Waals surface area contributed by atoms with E-state index in [4.69, 9.17) is 12.2 Å². The largest absolute Gasteiger partial charge is 0.352 e. The molecule has 0 spiro atoms. The molecular formula is C24H28N4S. The lowest BCUT2D eigenvalue weighted by molar-refractivity contribution is 0.268. The van der Waals surface area contributed by atoms with E-state index in [1.54, 1.807) is 0 Å². The van der Waals surface area contributed by atoms with Crippen LogP contribution in [-0.2, 0) is 6.54 Å². The molecule has 3 aromatic rings. The summed E-state index contributed by atoms with van der Waals surface area (Å²) < 4.78 is 2.40. The van der Waals surface area contributed by atoms with Gasteiger partial charge in [-0.15, -0.1) is 0 Å². The van der Waals surface area contributed by atoms with Gasteiger partial charge in [0.05, 0.1) is 17.8 Å². The van der Waals surface area contributed by atoms with Crippen LogP contribution in [0.1, 0.15) is 54.1 Å². The van der Waals surface area contributed by atoms with Crippen LogP contribution in [0.15, 0.2) is 60.8 Å². The van der Waals surface area contributed by atoms with Gasteiger partial charge in [-0.25, -0.2) is 0 Å². The predicted molar refractivity (Wildman–Crippen MR) is 122 cm³/mol. The Bertz CT molecular complexity index is 994. The number of nitrogens with zero attached hydrogens (tertiary/aromatic N) is 3. The van der Waals surface area contributed by atoms with Gasteiger partial charge in [0.1, 0.15) is 0 Å². The van der Waals surface area contributed by atoms with Crippen molar-refractivity contribution in [1.82, 2.24) is 19.8 Å². The molecule has 0 unspecified atom stereocenters. The van der Waals surface area contributed by atoms with Crippen LogP contribution in [0.4, 0.5) is 0 Å². The summed E-state index contributed by atoms with van der Waals surface area (Å²) in [7, 11) is 0. The molecule has 0 radical (unpaired) electrons. The number of pyridine rings is 1. The van der Waals surface area contributed by atoms with Gasteiger partial charge in [-0.2, -0.15) is 0 Å². The number of hydrogen-bond acceptors (Lipinski definition) is 2. The van der Waals surface area contributed by atoms with E-state index in [-0.39, 0.29) is 12.1 Å². The number of hydrogen-bond donors (Lipinski definition) is 1. The van der Waals surface area contributed by atoms with Gasteiger partial charge in [-0.1, -0.05) is 36.4 Å². The van der Waals surface area contributed by atoms with Crippen molar-refractivity contribution in [1.29, 1.82) is 0 Å². The molecular weight excluding hydrogens is 376 g/mol. The first-order chi connectivity index (χ1) is 14.0. The van der Waals surface area contributed by atoms with Gasteiger partial charge in [0, 0.05) is 30.2 Å². The van der Waals surface area contributed by atoms with Crippen molar-refractivity contribution in [2.75, 3.05) is 0 Å². The molecule has 2 aromatic heterocycles. The highest BCUT2D eigenvalue weighted by Gasteiger charge is 2.42. The minimum atomic E-state index is 0.0387. The Balaban J connectivity index is 1.77. The zero-order valence-corrected chi connectivity index (χ0v) is 18.3. The second-order valence-electron chi connectivity index (χ2n) is 8.03. The molecule has 29 heavy (non-hydrogen) atoms. The number of nitrogens with one attached hydrogen (secondary N) is 1. The van der Waals surface area contributed by atoms with Gasteiger partial charge in [-0.05, 0) is 69.2 Å². The number of thiocarbonyl (C=S) groups is 1. The van der Waals surface area contributed by atoms with E-state index in [1.807, 2.05) is 18.3 Å². The van der Waals surface area contributed by atoms with E-state index >= 15 is 0 Å². The third-order valence-corrected chi connectivity index (χ3v) is 6.14. The van der Waals surface area contributed by atoms with Crippen molar-refractivity contribution in [2.45, 2.75) is 52.4 Å². The van der Waals surface area contributed by atoms with Crippen molar-refractivity contribution >= 4 is 17.3 Å². The Morgan fingerprint density at radius 2 is 1.79 bits per heavy atom. The monoisotopic (exact) mass is 404 g/mol. The topological polar surface area (TPSA) is 33.1 Å². The van der Waals surface area contributed by atoms with Crippen LogP contribution in [-0.4, -0.2) is 25.6 Å². The highest BCUT2D eigenvalue weighted by atomic mass is 32.1. The second-order valence-corrected chi connectivity index (χ2v) is 8.41. The van der Waals surface area contributed by atoms with Crippen molar-refractivity contribution in [3.63, 3.8) is 0 Å². The first kappa shape index (κ1) is 19.6. The fourth-order valence-electron chi connectivity index (χ4n) is 4.39. The molecule has 1 aliphatic rings. The summed E-state index contributed by atoms with van der Waals surface area (Å²) in [5.74, 6) is 0. The van der Waals surface area contributed by atoms with Gasteiger partial charge in [0.2, 0.25) is 0 Å². The molecule has 150 valence electrons. The number of aryl methyl sites for hydroxylation is 1. The highest BCUT2D eigenvalue weighted by Crippen LogP contribution is 2.41. The molecule has 0 amide bonds. The van der Waals surface area contributed by atoms with Gasteiger partial charge in [0.15, 0.2) is 5.11 Å². The Hall–Kier alpha value is -2.66. The van der Waals surface area contributed by atoms with Crippen LogP contribution < -0.4 is 5.32 Å². The van der Waals surface area contributed by atoms with Crippen LogP contribution >= 0.6 is 12.2 Å². The standard InChI is InChI=1S/C24H28N4S/c1-16(2)28-23(22(26-24(28)29)21-12-8-9-13-25-21)20-14-17(3)27(18(20)4)15-19-10-6-5-7-11-19/h5-14,16,22-23H,15H2,1-4H3,(H,26,29)/t22-,23-/m1/s1. The fourth-order valence-corrected chi connectivity index (χ4v) is 4.84. The van der Waals surface area contributed by atoms with Crippen LogP contribution in [0.2, 0.25) is 0 Å². The van der Waals surface area contributed by atoms with Crippen LogP contribution in [0.25, 0.3) is 0 Å². The molecule has 1 saturated heterocycles. The first-order valence-corrected chi connectivity index (χ1v) is 10.6. The Morgan fingerprint density at radius 1 is 1.07 bits per heavy atom. The normalized spacial score (nSPS) is 19.1. The van der Waals surface area contributed by atoms with Gasteiger partial charge >= 0.3 is 0 Å². The van der Waals surface area contributed by atoms with E-state index < -0.39 is 0 Å². The smallest absolute Gasteiger partial charge is 0.170 e. The maximum Gasteiger partial charge on any atom is 0.170 e. The zero-order valence-electron chi connectivity index (χ0n) is 17.5. The number of aromatic nitrogens is 2. The minimum Gasteiger partial charge on any atom is -0.352 e. The van der Waals surface area contributed by atoms with Crippen LogP contribution in [0, 0.1) is 13.8 Å². The third kappa shape index (κ3) is 3.67. The summed E-state index contributed by atoms with van der Waals surface area (Å²) in [5, 5.41) is 4.34. The number of benzene rings is 1. The molecule has 1 N–H and O–H groups in total. The molecule has 1 fully saturated rings. The average molecular weight is 405 g/mol. The minimum absolute atomic E-state index is 0.0387. The maximum absolute atomic E-state index is 5.74. The van der Waals surface area contributed by atoms with Crippen molar-refractivity contribution in [3.8, 4) is 0 Å². The summed E-state index contributed by atoms with van der Waals surface area (Å²) in [5.41, 5.74) is 6.20. The quantitative estimate of drug-likeness (QED) is 0.611. The van der Waals surface area contributed by atoms with E-state index in [0.717, 1.165) is 17.4 Å². The van der Waals surface area contributed by atoms with E-state index in [0.29, 0.717) is 6.04 Å². The van der Waals surface area contributed by atoms with Crippen molar-refractivity contribution in [3.05, 3.63) is 89.0 Å². The zero-order chi connectivity index (χ0) is 20.5. The molecule has 1 aromatic carbocycles. The van der Waals surface area contributed by atoms with E-state index in [2.05, 4.69) is 89.9 Å². The average Bonchev–Trinajstić information content (AvgIpc) is 3.20. The van der Waals surface area contributed by atoms with Crippen molar-refractivity contribution < 1.29 is 0 Å². The molecule has 0 aliphatic carbocycles. The maximum atomic E-state index is 5.74. The van der Waals surface area contributed by atoms with Gasteiger partial charge in [0.25, 0.3) is 0 Å². The summed E-state index contributed by atoms with van der Waals surface area (Å²) in [6, 6.07) is 19.5. The predicted octanol–water partition coefficient (Wildman–Crippen LogP) is 4.93. The van der Waals surface area contributed by atoms with E-state index in [9.17, 15) is 0 Å². The molecule has 2 atom stereocenters. The molecule has 3 heterocycles. The fraction of sp³-hybridized carbons (Fsp3) is 0.333. The first-order valence-electron chi connectivity index (χ1n) is 10.2. The molecule has 1 aliphatic heterocycles. The van der Waals surface area contributed by atoms with Crippen LogP contribution in [0.3, 0.4) is 0 Å². The summed E-state index contributed by atoms with van der Waals surface area (Å²) in [6.45, 7) is 9.69. The molecule has 0 bridgehead atoms. The van der Waals surface area contributed by atoms with E-state index in [1.165, 1.54) is 22.5 Å². The lowest BCUT2D eigenvalue weighted by Crippen LogP contribution is -2.35. The summed E-state index contributed by atoms with van der Waals surface area (Å²) >= 11 is 5.74. The van der Waals surface area contributed by atoms with Gasteiger partial charge in [-0.3, -0.25) is 4.98 Å². The Kier molecular flexibility index (Phi) is 5.41. The lowest BCUT2D eigenvalue weighted by Gasteiger charge is -2.31. The second kappa shape index (κ2) is 7.99. The Labute approximate surface area is 178 Å². The molecule has 4 nitrogen and oxygen atoms in total. The summed E-state index contributed by atoms with van der Waals surface area (Å²) in [4.78, 5) is 6.96. The Morgan fingerprint density at radius 3 is 2.45 bits per heavy atom. The number of rotatable bonds is 5. The van der Waals surface area contributed by atoms with Gasteiger partial charge < -0.3 is 14.8 Å². The SMILES string of the molecule is Cc1cc([C@@H]2[C@@H](c3ccccn3)NC(=S)N2C(C)C)c(C)n1Cc1ccccc1. The molecule has 0 saturated carbocycles. The molecule has 5 heteroatoms. The summed E-state index contributed by atoms with van der Waals surface area (Å²) in [6.07, 6.45) is 1.85. The molecule has 4 rings (SSSR count). The highest BCUT2D eigenvalue weighted by molar-refractivity contribution is 7.80. The lowest BCUT2D eigenvalue weighted by atomic mass is 9.96. The third-order valence-electron chi connectivity index (χ3n) is 5.81. The van der Waals surface area contributed by atoms with Crippen LogP contribution in [0.5, 0.6) is 0 Å². The van der Waals surface area contributed by atoms with Crippen molar-refractivity contribution in [2.24, 2.45) is 0 Å².